The number of carbonyl (C=O) groups is 2. The number of thioether (sulfide) groups is 1. The van der Waals surface area contributed by atoms with Gasteiger partial charge < -0.3 is 10.2 Å². The Kier molecular flexibility index (Phi) is 5.42. The van der Waals surface area contributed by atoms with Gasteiger partial charge in [0.2, 0.25) is 0 Å². The van der Waals surface area contributed by atoms with E-state index in [-0.39, 0.29) is 29.5 Å². The van der Waals surface area contributed by atoms with Crippen molar-refractivity contribution in [1.29, 1.82) is 0 Å². The number of aromatic hydroxyl groups is 1. The van der Waals surface area contributed by atoms with Crippen molar-refractivity contribution in [2.75, 3.05) is 6.54 Å². The number of amidine groups is 1. The molecular formula is C20H16N2O4S. The van der Waals surface area contributed by atoms with E-state index < -0.39 is 5.97 Å². The van der Waals surface area contributed by atoms with E-state index >= 15 is 0 Å². The molecule has 2 aromatic rings. The number of carboxylic acid groups (broad SMARTS) is 1. The van der Waals surface area contributed by atoms with Gasteiger partial charge in [-0.2, -0.15) is 0 Å². The maximum absolute atomic E-state index is 12.7. The zero-order valence-electron chi connectivity index (χ0n) is 14.2. The zero-order valence-corrected chi connectivity index (χ0v) is 15.0. The van der Waals surface area contributed by atoms with Gasteiger partial charge in [-0.3, -0.25) is 9.69 Å². The molecule has 0 bridgehead atoms. The molecular weight excluding hydrogens is 364 g/mol. The third-order valence-electron chi connectivity index (χ3n) is 3.74. The predicted octanol–water partition coefficient (Wildman–Crippen LogP) is 3.88. The molecule has 2 N–H and O–H groups in total. The molecule has 0 radical (unpaired) electrons. The minimum absolute atomic E-state index is 0.0626. The molecule has 0 spiro atoms. The highest BCUT2D eigenvalue weighted by Crippen LogP contribution is 2.35. The number of hydrogen-bond acceptors (Lipinski definition) is 5. The SMILES string of the molecule is C=CCN1C(=O)/C(=C/c2ccc(O)cc2)SC1=Nc1ccccc1C(=O)O. The lowest BCUT2D eigenvalue weighted by Crippen LogP contribution is -2.29. The molecule has 1 heterocycles. The van der Waals surface area contributed by atoms with Gasteiger partial charge in [-0.05, 0) is 47.7 Å². The Labute approximate surface area is 160 Å². The lowest BCUT2D eigenvalue weighted by molar-refractivity contribution is -0.121. The molecule has 1 fully saturated rings. The molecule has 6 nitrogen and oxygen atoms in total. The summed E-state index contributed by atoms with van der Waals surface area (Å²) < 4.78 is 0. The topological polar surface area (TPSA) is 90.2 Å². The molecule has 0 atom stereocenters. The summed E-state index contributed by atoms with van der Waals surface area (Å²) in [5.41, 5.74) is 1.10. The first kappa shape index (κ1) is 18.5. The Balaban J connectivity index is 2.00. The number of para-hydroxylation sites is 1. The van der Waals surface area contributed by atoms with E-state index in [1.807, 2.05) is 0 Å². The fourth-order valence-electron chi connectivity index (χ4n) is 2.46. The fraction of sp³-hybridized carbons (Fsp3) is 0.0500. The Morgan fingerprint density at radius 3 is 2.56 bits per heavy atom. The fourth-order valence-corrected chi connectivity index (χ4v) is 3.46. The van der Waals surface area contributed by atoms with Gasteiger partial charge in [-0.25, -0.2) is 9.79 Å². The molecule has 0 aromatic heterocycles. The van der Waals surface area contributed by atoms with E-state index in [1.165, 1.54) is 34.9 Å². The maximum atomic E-state index is 12.7. The highest BCUT2D eigenvalue weighted by atomic mass is 32.2. The Hall–Kier alpha value is -3.32. The number of aromatic carboxylic acids is 1. The molecule has 0 unspecified atom stereocenters. The number of aliphatic imine (C=N–C) groups is 1. The first-order valence-electron chi connectivity index (χ1n) is 8.02. The number of phenols is 1. The molecule has 3 rings (SSSR count). The van der Waals surface area contributed by atoms with Gasteiger partial charge >= 0.3 is 5.97 Å². The molecule has 1 aliphatic rings. The molecule has 2 aromatic carbocycles. The minimum atomic E-state index is -1.08. The molecule has 0 saturated carbocycles. The Bertz CT molecular complexity index is 964. The summed E-state index contributed by atoms with van der Waals surface area (Å²) in [4.78, 5) is 30.4. The van der Waals surface area contributed by atoms with Crippen molar-refractivity contribution in [2.24, 2.45) is 4.99 Å². The monoisotopic (exact) mass is 380 g/mol. The molecule has 0 aliphatic carbocycles. The van der Waals surface area contributed by atoms with Crippen molar-refractivity contribution in [3.63, 3.8) is 0 Å². The normalized spacial score (nSPS) is 16.9. The summed E-state index contributed by atoms with van der Waals surface area (Å²) in [7, 11) is 0. The standard InChI is InChI=1S/C20H16N2O4S/c1-2-11-22-18(24)17(12-13-7-9-14(23)10-8-13)27-20(22)21-16-6-4-3-5-15(16)19(25)26/h2-10,12,23H,1,11H2,(H,25,26)/b17-12-,21-20?. The number of benzene rings is 2. The van der Waals surface area contributed by atoms with Crippen LogP contribution in [0.15, 0.2) is 71.1 Å². The molecule has 7 heteroatoms. The second-order valence-electron chi connectivity index (χ2n) is 5.62. The van der Waals surface area contributed by atoms with Crippen molar-refractivity contribution in [1.82, 2.24) is 4.90 Å². The lowest BCUT2D eigenvalue weighted by atomic mass is 10.2. The highest BCUT2D eigenvalue weighted by molar-refractivity contribution is 8.18. The molecule has 27 heavy (non-hydrogen) atoms. The van der Waals surface area contributed by atoms with Crippen LogP contribution in [0.25, 0.3) is 6.08 Å². The van der Waals surface area contributed by atoms with Crippen molar-refractivity contribution in [3.05, 3.63) is 77.2 Å². The van der Waals surface area contributed by atoms with Crippen LogP contribution in [0.2, 0.25) is 0 Å². The van der Waals surface area contributed by atoms with E-state index in [0.717, 1.165) is 5.56 Å². The summed E-state index contributed by atoms with van der Waals surface area (Å²) in [6.45, 7) is 3.92. The van der Waals surface area contributed by atoms with Crippen molar-refractivity contribution < 1.29 is 19.8 Å². The van der Waals surface area contributed by atoms with Crippen LogP contribution in [0.3, 0.4) is 0 Å². The van der Waals surface area contributed by atoms with Gasteiger partial charge in [0.1, 0.15) is 5.75 Å². The number of phenolic OH excluding ortho intramolecular Hbond substituents is 1. The average molecular weight is 380 g/mol. The van der Waals surface area contributed by atoms with E-state index in [1.54, 1.807) is 42.5 Å². The second-order valence-corrected chi connectivity index (χ2v) is 6.63. The van der Waals surface area contributed by atoms with E-state index in [9.17, 15) is 19.8 Å². The van der Waals surface area contributed by atoms with E-state index in [4.69, 9.17) is 0 Å². The number of rotatable bonds is 5. The van der Waals surface area contributed by atoms with Gasteiger partial charge in [0.15, 0.2) is 5.17 Å². The van der Waals surface area contributed by atoms with Gasteiger partial charge in [-0.15, -0.1) is 6.58 Å². The van der Waals surface area contributed by atoms with Crippen LogP contribution in [0.5, 0.6) is 5.75 Å². The number of carboxylic acids is 1. The first-order chi connectivity index (χ1) is 13.0. The van der Waals surface area contributed by atoms with Gasteiger partial charge in [0.05, 0.1) is 16.2 Å². The molecule has 136 valence electrons. The maximum Gasteiger partial charge on any atom is 0.337 e. The van der Waals surface area contributed by atoms with Crippen molar-refractivity contribution in [3.8, 4) is 5.75 Å². The quantitative estimate of drug-likeness (QED) is 0.607. The van der Waals surface area contributed by atoms with Crippen LogP contribution < -0.4 is 0 Å². The van der Waals surface area contributed by atoms with Crippen LogP contribution in [0, 0.1) is 0 Å². The van der Waals surface area contributed by atoms with Crippen LogP contribution in [0.1, 0.15) is 15.9 Å². The summed E-state index contributed by atoms with van der Waals surface area (Å²) in [5, 5.41) is 19.1. The van der Waals surface area contributed by atoms with E-state index in [2.05, 4.69) is 11.6 Å². The number of nitrogens with zero attached hydrogens (tertiary/aromatic N) is 2. The van der Waals surface area contributed by atoms with Gasteiger partial charge in [0, 0.05) is 6.54 Å². The van der Waals surface area contributed by atoms with E-state index in [0.29, 0.717) is 10.1 Å². The number of carbonyl (C=O) groups excluding carboxylic acids is 1. The van der Waals surface area contributed by atoms with Gasteiger partial charge in [-0.1, -0.05) is 30.3 Å². The average Bonchev–Trinajstić information content (AvgIpc) is 2.93. The summed E-state index contributed by atoms with van der Waals surface area (Å²) >= 11 is 1.17. The zero-order chi connectivity index (χ0) is 19.4. The Morgan fingerprint density at radius 1 is 1.19 bits per heavy atom. The van der Waals surface area contributed by atoms with Crippen molar-refractivity contribution >= 4 is 40.6 Å². The second kappa shape index (κ2) is 7.92. The predicted molar refractivity (Wildman–Crippen MR) is 106 cm³/mol. The van der Waals surface area contributed by atoms with Crippen molar-refractivity contribution in [2.45, 2.75) is 0 Å². The third kappa shape index (κ3) is 4.09. The Morgan fingerprint density at radius 2 is 1.89 bits per heavy atom. The van der Waals surface area contributed by atoms with Crippen LogP contribution in [-0.4, -0.2) is 38.7 Å². The molecule has 1 aliphatic heterocycles. The summed E-state index contributed by atoms with van der Waals surface area (Å²) in [5.74, 6) is -1.18. The summed E-state index contributed by atoms with van der Waals surface area (Å²) in [6.07, 6.45) is 3.29. The largest absolute Gasteiger partial charge is 0.508 e. The van der Waals surface area contributed by atoms with Crippen LogP contribution in [-0.2, 0) is 4.79 Å². The number of amides is 1. The van der Waals surface area contributed by atoms with Gasteiger partial charge in [0.25, 0.3) is 5.91 Å². The summed E-state index contributed by atoms with van der Waals surface area (Å²) in [6, 6.07) is 12.8. The minimum Gasteiger partial charge on any atom is -0.508 e. The smallest absolute Gasteiger partial charge is 0.337 e. The molecule has 1 amide bonds. The third-order valence-corrected chi connectivity index (χ3v) is 4.75. The molecule has 1 saturated heterocycles. The van der Waals surface area contributed by atoms with Crippen LogP contribution >= 0.6 is 11.8 Å². The first-order valence-corrected chi connectivity index (χ1v) is 8.83. The number of hydrogen-bond donors (Lipinski definition) is 2. The van der Waals surface area contributed by atoms with Crippen LogP contribution in [0.4, 0.5) is 5.69 Å². The lowest BCUT2D eigenvalue weighted by Gasteiger charge is -2.13. The highest BCUT2D eigenvalue weighted by Gasteiger charge is 2.32.